The van der Waals surface area contributed by atoms with Gasteiger partial charge in [-0.3, -0.25) is 9.78 Å². The zero-order valence-corrected chi connectivity index (χ0v) is 15.3. The molecule has 0 aliphatic heterocycles. The van der Waals surface area contributed by atoms with Gasteiger partial charge in [-0.1, -0.05) is 25.5 Å². The Hall–Kier alpha value is -3.29. The van der Waals surface area contributed by atoms with E-state index >= 15 is 0 Å². The van der Waals surface area contributed by atoms with Crippen molar-refractivity contribution in [3.63, 3.8) is 0 Å². The summed E-state index contributed by atoms with van der Waals surface area (Å²) in [5.41, 5.74) is 0.977. The number of aromatic amines is 1. The second-order valence-corrected chi connectivity index (χ2v) is 6.03. The Balaban J connectivity index is 1.92. The number of rotatable bonds is 8. The molecule has 0 radical (unpaired) electrons. The summed E-state index contributed by atoms with van der Waals surface area (Å²) in [7, 11) is 1.62. The van der Waals surface area contributed by atoms with Crippen LogP contribution in [0.1, 0.15) is 25.3 Å². The van der Waals surface area contributed by atoms with Gasteiger partial charge in [-0.25, -0.2) is 9.78 Å². The first-order valence-corrected chi connectivity index (χ1v) is 8.77. The van der Waals surface area contributed by atoms with Crippen LogP contribution >= 0.6 is 0 Å². The second kappa shape index (κ2) is 8.39. The lowest BCUT2D eigenvalue weighted by molar-refractivity contribution is 0.108. The molecule has 0 fully saturated rings. The summed E-state index contributed by atoms with van der Waals surface area (Å²) < 4.78 is 6.27. The highest BCUT2D eigenvalue weighted by Gasteiger charge is 2.11. The van der Waals surface area contributed by atoms with Gasteiger partial charge in [0.25, 0.3) is 5.56 Å². The quantitative estimate of drug-likeness (QED) is 0.588. The van der Waals surface area contributed by atoms with E-state index in [1.165, 1.54) is 12.3 Å². The van der Waals surface area contributed by atoms with Crippen LogP contribution in [0.25, 0.3) is 11.0 Å². The van der Waals surface area contributed by atoms with E-state index in [0.29, 0.717) is 24.2 Å². The Bertz CT molecular complexity index is 1020. The number of unbranched alkanes of at least 4 members (excludes halogenated alkanes) is 1. The number of methoxy groups -OCH3 is 1. The molecule has 0 spiro atoms. The average molecular weight is 370 g/mol. The number of aromatic nitrogens is 3. The fourth-order valence-electron chi connectivity index (χ4n) is 2.63. The van der Waals surface area contributed by atoms with Gasteiger partial charge in [0.2, 0.25) is 0 Å². The number of pyridine rings is 1. The number of fused-ring (bicyclic) bond motifs is 1. The maximum atomic E-state index is 12.5. The number of hydrogen-bond donors (Lipinski definition) is 2. The van der Waals surface area contributed by atoms with Crippen LogP contribution in [0.4, 0.5) is 5.69 Å². The lowest BCUT2D eigenvalue weighted by Crippen LogP contribution is -2.30. The summed E-state index contributed by atoms with van der Waals surface area (Å²) in [6, 6.07) is 9.05. The molecule has 3 aromatic rings. The number of H-pyrrole nitrogens is 1. The Morgan fingerprint density at radius 1 is 1.22 bits per heavy atom. The van der Waals surface area contributed by atoms with Crippen LogP contribution in [-0.4, -0.2) is 28.4 Å². The van der Waals surface area contributed by atoms with Gasteiger partial charge in [-0.2, -0.15) is 0 Å². The first-order valence-electron chi connectivity index (χ1n) is 8.77. The normalized spacial score (nSPS) is 10.7. The van der Waals surface area contributed by atoms with Crippen molar-refractivity contribution in [2.45, 2.75) is 26.3 Å². The fourth-order valence-corrected chi connectivity index (χ4v) is 2.63. The molecule has 0 bridgehead atoms. The summed E-state index contributed by atoms with van der Waals surface area (Å²) >= 11 is 0. The Kier molecular flexibility index (Phi) is 5.75. The standard InChI is InChI=1S/C19H22N4O4/c1-3-4-9-27-23-17(24)10-16(15-12-21-19(25)22-18(15)23)20-11-13-5-7-14(26-2)8-6-13/h5-8,10,12,20H,3-4,9,11H2,1-2H3,(H,21,22,25). The average Bonchev–Trinajstić information content (AvgIpc) is 2.68. The van der Waals surface area contributed by atoms with E-state index in [2.05, 4.69) is 15.3 Å². The molecule has 2 N–H and O–H groups in total. The molecule has 0 unspecified atom stereocenters. The molecule has 3 rings (SSSR count). The Morgan fingerprint density at radius 2 is 2.00 bits per heavy atom. The lowest BCUT2D eigenvalue weighted by atomic mass is 10.2. The minimum atomic E-state index is -0.540. The number of ether oxygens (including phenoxy) is 1. The highest BCUT2D eigenvalue weighted by atomic mass is 16.7. The maximum Gasteiger partial charge on any atom is 0.346 e. The summed E-state index contributed by atoms with van der Waals surface area (Å²) in [6.45, 7) is 2.91. The Morgan fingerprint density at radius 3 is 2.70 bits per heavy atom. The van der Waals surface area contributed by atoms with Crippen molar-refractivity contribution in [3.05, 3.63) is 62.9 Å². The molecule has 2 aromatic heterocycles. The zero-order valence-electron chi connectivity index (χ0n) is 15.3. The lowest BCUT2D eigenvalue weighted by Gasteiger charge is -2.14. The van der Waals surface area contributed by atoms with Gasteiger partial charge in [0, 0.05) is 18.8 Å². The highest BCUT2D eigenvalue weighted by molar-refractivity contribution is 5.87. The van der Waals surface area contributed by atoms with Crippen molar-refractivity contribution in [1.29, 1.82) is 0 Å². The van der Waals surface area contributed by atoms with Gasteiger partial charge < -0.3 is 14.9 Å². The monoisotopic (exact) mass is 370 g/mol. The zero-order chi connectivity index (χ0) is 19.2. The van der Waals surface area contributed by atoms with Gasteiger partial charge in [-0.05, 0) is 24.1 Å². The van der Waals surface area contributed by atoms with Crippen LogP contribution in [0, 0.1) is 0 Å². The predicted molar refractivity (Wildman–Crippen MR) is 103 cm³/mol. The number of nitrogens with zero attached hydrogens (tertiary/aromatic N) is 2. The molecule has 8 heteroatoms. The third kappa shape index (κ3) is 4.28. The summed E-state index contributed by atoms with van der Waals surface area (Å²) in [4.78, 5) is 36.1. The van der Waals surface area contributed by atoms with E-state index in [4.69, 9.17) is 9.57 Å². The molecule has 0 atom stereocenters. The van der Waals surface area contributed by atoms with Crippen molar-refractivity contribution in [1.82, 2.24) is 14.7 Å². The van der Waals surface area contributed by atoms with E-state index in [1.807, 2.05) is 31.2 Å². The second-order valence-electron chi connectivity index (χ2n) is 6.03. The van der Waals surface area contributed by atoms with Gasteiger partial charge >= 0.3 is 5.69 Å². The molecule has 0 aliphatic carbocycles. The van der Waals surface area contributed by atoms with E-state index in [1.54, 1.807) is 7.11 Å². The Labute approximate surface area is 155 Å². The fraction of sp³-hybridized carbons (Fsp3) is 0.316. The van der Waals surface area contributed by atoms with Crippen LogP contribution in [0.5, 0.6) is 5.75 Å². The van der Waals surface area contributed by atoms with E-state index in [-0.39, 0.29) is 11.2 Å². The number of hydrogen-bond acceptors (Lipinski definition) is 6. The van der Waals surface area contributed by atoms with E-state index < -0.39 is 5.69 Å². The van der Waals surface area contributed by atoms with Crippen LogP contribution in [-0.2, 0) is 6.54 Å². The molecular weight excluding hydrogens is 348 g/mol. The van der Waals surface area contributed by atoms with Gasteiger partial charge in [0.15, 0.2) is 5.65 Å². The minimum absolute atomic E-state index is 0.288. The molecular formula is C19H22N4O4. The van der Waals surface area contributed by atoms with Crippen molar-refractivity contribution >= 4 is 16.7 Å². The molecule has 0 amide bonds. The van der Waals surface area contributed by atoms with Crippen LogP contribution < -0.4 is 26.1 Å². The van der Waals surface area contributed by atoms with Gasteiger partial charge in [0.1, 0.15) is 12.4 Å². The van der Waals surface area contributed by atoms with Crippen molar-refractivity contribution in [3.8, 4) is 5.75 Å². The van der Waals surface area contributed by atoms with E-state index in [9.17, 15) is 9.59 Å². The van der Waals surface area contributed by atoms with Crippen molar-refractivity contribution in [2.24, 2.45) is 0 Å². The topological polar surface area (TPSA) is 98.2 Å². The number of benzene rings is 1. The first kappa shape index (κ1) is 18.5. The smallest absolute Gasteiger partial charge is 0.346 e. The predicted octanol–water partition coefficient (Wildman–Crippen LogP) is 1.93. The largest absolute Gasteiger partial charge is 0.497 e. The first-order chi connectivity index (χ1) is 13.1. The van der Waals surface area contributed by atoms with Gasteiger partial charge in [-0.15, -0.1) is 4.73 Å². The SMILES string of the molecule is CCCCOn1c(=O)cc(NCc2ccc(OC)cc2)c2cnc(=O)[nH]c21. The molecule has 1 aromatic carbocycles. The molecule has 0 aliphatic rings. The highest BCUT2D eigenvalue weighted by Crippen LogP contribution is 2.19. The molecule has 2 heterocycles. The summed E-state index contributed by atoms with van der Waals surface area (Å²) in [5, 5.41) is 3.82. The van der Waals surface area contributed by atoms with Gasteiger partial charge in [0.05, 0.1) is 18.2 Å². The summed E-state index contributed by atoms with van der Waals surface area (Å²) in [5.74, 6) is 0.776. The summed E-state index contributed by atoms with van der Waals surface area (Å²) in [6.07, 6.45) is 3.18. The van der Waals surface area contributed by atoms with Crippen molar-refractivity contribution < 1.29 is 9.57 Å². The minimum Gasteiger partial charge on any atom is -0.497 e. The molecule has 27 heavy (non-hydrogen) atoms. The third-order valence-electron chi connectivity index (χ3n) is 4.11. The molecule has 8 nitrogen and oxygen atoms in total. The molecule has 0 saturated carbocycles. The molecule has 0 saturated heterocycles. The van der Waals surface area contributed by atoms with Crippen LogP contribution in [0.2, 0.25) is 0 Å². The molecule has 142 valence electrons. The van der Waals surface area contributed by atoms with Crippen LogP contribution in [0.15, 0.2) is 46.1 Å². The number of anilines is 1. The maximum absolute atomic E-state index is 12.5. The third-order valence-corrected chi connectivity index (χ3v) is 4.11. The number of nitrogens with one attached hydrogen (secondary N) is 2. The van der Waals surface area contributed by atoms with E-state index in [0.717, 1.165) is 28.9 Å². The van der Waals surface area contributed by atoms with Crippen LogP contribution in [0.3, 0.4) is 0 Å². The van der Waals surface area contributed by atoms with Crippen molar-refractivity contribution in [2.75, 3.05) is 19.0 Å².